The first kappa shape index (κ1) is 16.0. The fourth-order valence-corrected chi connectivity index (χ4v) is 2.13. The molecular formula is C14H26N2O3. The van der Waals surface area contributed by atoms with E-state index in [-0.39, 0.29) is 11.8 Å². The van der Waals surface area contributed by atoms with E-state index in [1.807, 2.05) is 0 Å². The molecule has 1 saturated heterocycles. The average molecular weight is 270 g/mol. The van der Waals surface area contributed by atoms with Crippen LogP contribution in [0.4, 0.5) is 0 Å². The minimum Gasteiger partial charge on any atom is -0.481 e. The summed E-state index contributed by atoms with van der Waals surface area (Å²) >= 11 is 0. The van der Waals surface area contributed by atoms with Crippen molar-refractivity contribution in [2.45, 2.75) is 33.6 Å². The Hall–Kier alpha value is -1.10. The number of piperidine rings is 1. The second kappa shape index (κ2) is 7.48. The Morgan fingerprint density at radius 3 is 2.32 bits per heavy atom. The van der Waals surface area contributed by atoms with E-state index in [0.717, 1.165) is 6.54 Å². The van der Waals surface area contributed by atoms with Gasteiger partial charge in [-0.25, -0.2) is 0 Å². The molecule has 0 saturated carbocycles. The molecule has 5 heteroatoms. The lowest BCUT2D eigenvalue weighted by atomic mass is 9.97. The van der Waals surface area contributed by atoms with E-state index < -0.39 is 5.97 Å². The highest BCUT2D eigenvalue weighted by Gasteiger charge is 2.26. The number of carboxylic acids is 1. The van der Waals surface area contributed by atoms with Gasteiger partial charge in [-0.3, -0.25) is 9.59 Å². The molecule has 1 aliphatic rings. The van der Waals surface area contributed by atoms with E-state index in [1.54, 1.807) is 4.90 Å². The molecule has 0 aliphatic carbocycles. The second-order valence-electron chi connectivity index (χ2n) is 5.85. The van der Waals surface area contributed by atoms with Crippen molar-refractivity contribution in [2.24, 2.45) is 17.8 Å². The highest BCUT2D eigenvalue weighted by Crippen LogP contribution is 2.17. The van der Waals surface area contributed by atoms with Crippen molar-refractivity contribution in [3.8, 4) is 0 Å². The van der Waals surface area contributed by atoms with Crippen LogP contribution in [-0.2, 0) is 9.59 Å². The van der Waals surface area contributed by atoms with Crippen molar-refractivity contribution in [3.05, 3.63) is 0 Å². The highest BCUT2D eigenvalue weighted by atomic mass is 16.4. The molecule has 19 heavy (non-hydrogen) atoms. The van der Waals surface area contributed by atoms with Crippen LogP contribution in [0.15, 0.2) is 0 Å². The molecule has 0 aromatic rings. The molecule has 1 heterocycles. The zero-order valence-electron chi connectivity index (χ0n) is 12.2. The maximum Gasteiger partial charge on any atom is 0.306 e. The summed E-state index contributed by atoms with van der Waals surface area (Å²) < 4.78 is 0. The number of aliphatic carboxylic acids is 1. The van der Waals surface area contributed by atoms with E-state index in [0.29, 0.717) is 44.3 Å². The van der Waals surface area contributed by atoms with Crippen molar-refractivity contribution in [2.75, 3.05) is 26.2 Å². The van der Waals surface area contributed by atoms with Gasteiger partial charge in [0.15, 0.2) is 0 Å². The Balaban J connectivity index is 2.23. The number of carboxylic acid groups (broad SMARTS) is 1. The zero-order chi connectivity index (χ0) is 14.4. The molecule has 1 atom stereocenters. The van der Waals surface area contributed by atoms with Crippen LogP contribution >= 0.6 is 0 Å². The Morgan fingerprint density at radius 1 is 1.26 bits per heavy atom. The summed E-state index contributed by atoms with van der Waals surface area (Å²) in [6.07, 6.45) is 1.15. The molecule has 5 nitrogen and oxygen atoms in total. The molecule has 2 N–H and O–H groups in total. The number of hydrogen-bond donors (Lipinski definition) is 2. The Labute approximate surface area is 115 Å². The number of carbonyl (C=O) groups excluding carboxylic acids is 1. The Bertz CT molecular complexity index is 310. The lowest BCUT2D eigenvalue weighted by molar-refractivity contribution is -0.145. The van der Waals surface area contributed by atoms with E-state index in [4.69, 9.17) is 5.11 Å². The van der Waals surface area contributed by atoms with Crippen molar-refractivity contribution in [1.82, 2.24) is 10.2 Å². The SMILES string of the molecule is CC(C)C(C)CNCC(=O)N1CCC(C(=O)O)CC1. The molecule has 0 aromatic heterocycles. The monoisotopic (exact) mass is 270 g/mol. The van der Waals surface area contributed by atoms with Crippen LogP contribution in [-0.4, -0.2) is 48.1 Å². The largest absolute Gasteiger partial charge is 0.481 e. The summed E-state index contributed by atoms with van der Waals surface area (Å²) in [6.45, 7) is 8.84. The van der Waals surface area contributed by atoms with Gasteiger partial charge in [0, 0.05) is 13.1 Å². The third kappa shape index (κ3) is 5.19. The number of rotatable bonds is 6. The first-order chi connectivity index (χ1) is 8.91. The molecule has 1 fully saturated rings. The normalized spacial score (nSPS) is 18.6. The number of hydrogen-bond acceptors (Lipinski definition) is 3. The lowest BCUT2D eigenvalue weighted by Crippen LogP contribution is -2.44. The fraction of sp³-hybridized carbons (Fsp3) is 0.857. The predicted octanol–water partition coefficient (Wildman–Crippen LogP) is 1.19. The summed E-state index contributed by atoms with van der Waals surface area (Å²) in [5.41, 5.74) is 0. The molecule has 0 radical (unpaired) electrons. The van der Waals surface area contributed by atoms with Crippen LogP contribution in [0.1, 0.15) is 33.6 Å². The number of nitrogens with zero attached hydrogens (tertiary/aromatic N) is 1. The second-order valence-corrected chi connectivity index (χ2v) is 5.85. The number of carbonyl (C=O) groups is 2. The third-order valence-corrected chi connectivity index (χ3v) is 4.08. The number of likely N-dealkylation sites (tertiary alicyclic amines) is 1. The molecular weight excluding hydrogens is 244 g/mol. The Kier molecular flexibility index (Phi) is 6.28. The number of nitrogens with one attached hydrogen (secondary N) is 1. The summed E-state index contributed by atoms with van der Waals surface area (Å²) in [5.74, 6) is 0.216. The van der Waals surface area contributed by atoms with E-state index in [9.17, 15) is 9.59 Å². The van der Waals surface area contributed by atoms with Gasteiger partial charge in [0.2, 0.25) is 5.91 Å². The van der Waals surface area contributed by atoms with Gasteiger partial charge in [0.25, 0.3) is 0 Å². The van der Waals surface area contributed by atoms with Gasteiger partial charge >= 0.3 is 5.97 Å². The van der Waals surface area contributed by atoms with Crippen molar-refractivity contribution < 1.29 is 14.7 Å². The molecule has 1 amide bonds. The maximum atomic E-state index is 11.9. The number of amides is 1. The van der Waals surface area contributed by atoms with E-state index in [2.05, 4.69) is 26.1 Å². The molecule has 110 valence electrons. The van der Waals surface area contributed by atoms with Gasteiger partial charge in [0.1, 0.15) is 0 Å². The average Bonchev–Trinajstić information content (AvgIpc) is 2.38. The van der Waals surface area contributed by atoms with Crippen LogP contribution in [0, 0.1) is 17.8 Å². The first-order valence-electron chi connectivity index (χ1n) is 7.13. The highest BCUT2D eigenvalue weighted by molar-refractivity contribution is 5.78. The van der Waals surface area contributed by atoms with Crippen molar-refractivity contribution >= 4 is 11.9 Å². The van der Waals surface area contributed by atoms with Crippen LogP contribution in [0.3, 0.4) is 0 Å². The molecule has 1 aliphatic heterocycles. The third-order valence-electron chi connectivity index (χ3n) is 4.08. The summed E-state index contributed by atoms with van der Waals surface area (Å²) in [6, 6.07) is 0. The van der Waals surface area contributed by atoms with Crippen LogP contribution in [0.2, 0.25) is 0 Å². The quantitative estimate of drug-likeness (QED) is 0.760. The zero-order valence-corrected chi connectivity index (χ0v) is 12.2. The van der Waals surface area contributed by atoms with E-state index >= 15 is 0 Å². The lowest BCUT2D eigenvalue weighted by Gasteiger charge is -2.30. The molecule has 0 aromatic carbocycles. The first-order valence-corrected chi connectivity index (χ1v) is 7.13. The minimum atomic E-state index is -0.740. The van der Waals surface area contributed by atoms with Crippen molar-refractivity contribution in [1.29, 1.82) is 0 Å². The fourth-order valence-electron chi connectivity index (χ4n) is 2.13. The van der Waals surface area contributed by atoms with Crippen LogP contribution in [0.25, 0.3) is 0 Å². The molecule has 0 bridgehead atoms. The summed E-state index contributed by atoms with van der Waals surface area (Å²) in [5, 5.41) is 12.1. The van der Waals surface area contributed by atoms with Crippen LogP contribution in [0.5, 0.6) is 0 Å². The smallest absolute Gasteiger partial charge is 0.306 e. The van der Waals surface area contributed by atoms with Gasteiger partial charge in [-0.05, 0) is 31.2 Å². The van der Waals surface area contributed by atoms with Crippen molar-refractivity contribution in [3.63, 3.8) is 0 Å². The van der Waals surface area contributed by atoms with Crippen LogP contribution < -0.4 is 5.32 Å². The maximum absolute atomic E-state index is 11.9. The van der Waals surface area contributed by atoms with Gasteiger partial charge in [-0.2, -0.15) is 0 Å². The standard InChI is InChI=1S/C14H26N2O3/c1-10(2)11(3)8-15-9-13(17)16-6-4-12(5-7-16)14(18)19/h10-12,15H,4-9H2,1-3H3,(H,18,19). The predicted molar refractivity (Wildman–Crippen MR) is 73.8 cm³/mol. The molecule has 1 unspecified atom stereocenters. The van der Waals surface area contributed by atoms with E-state index in [1.165, 1.54) is 0 Å². The molecule has 0 spiro atoms. The summed E-state index contributed by atoms with van der Waals surface area (Å²) in [7, 11) is 0. The van der Waals surface area contributed by atoms with Gasteiger partial charge < -0.3 is 15.3 Å². The van der Waals surface area contributed by atoms with Gasteiger partial charge in [0.05, 0.1) is 12.5 Å². The summed E-state index contributed by atoms with van der Waals surface area (Å²) in [4.78, 5) is 24.5. The molecule has 1 rings (SSSR count). The topological polar surface area (TPSA) is 69.6 Å². The van der Waals surface area contributed by atoms with Gasteiger partial charge in [-0.1, -0.05) is 20.8 Å². The van der Waals surface area contributed by atoms with Gasteiger partial charge in [-0.15, -0.1) is 0 Å². The Morgan fingerprint density at radius 2 is 1.84 bits per heavy atom. The minimum absolute atomic E-state index is 0.0831.